The van der Waals surface area contributed by atoms with Crippen LogP contribution in [0.5, 0.6) is 0 Å². The Morgan fingerprint density at radius 3 is 0.795 bits per heavy atom. The van der Waals surface area contributed by atoms with Crippen molar-refractivity contribution in [3.8, 4) is 0 Å². The minimum Gasteiger partial charge on any atom is -0.462 e. The normalized spacial score (nSPS) is 12.8. The van der Waals surface area contributed by atoms with E-state index >= 15 is 0 Å². The van der Waals surface area contributed by atoms with E-state index in [4.69, 9.17) is 14.2 Å². The van der Waals surface area contributed by atoms with Gasteiger partial charge in [-0.25, -0.2) is 0 Å². The molecule has 0 saturated heterocycles. The summed E-state index contributed by atoms with van der Waals surface area (Å²) in [5.41, 5.74) is 0. The maximum atomic E-state index is 12.9. The summed E-state index contributed by atoms with van der Waals surface area (Å²) in [6, 6.07) is 0. The summed E-state index contributed by atoms with van der Waals surface area (Å²) in [5.74, 6) is -0.916. The fraction of sp³-hybridized carbons (Fsp3) is 0.708. The zero-order chi connectivity index (χ0) is 56.4. The summed E-state index contributed by atoms with van der Waals surface area (Å²) in [6.45, 7) is 6.42. The second kappa shape index (κ2) is 65.6. The molecule has 6 nitrogen and oxygen atoms in total. The lowest BCUT2D eigenvalue weighted by atomic mass is 10.0. The van der Waals surface area contributed by atoms with Crippen molar-refractivity contribution in [2.24, 2.45) is 0 Å². The van der Waals surface area contributed by atoms with Gasteiger partial charge in [0.05, 0.1) is 0 Å². The van der Waals surface area contributed by atoms with Crippen molar-refractivity contribution in [3.05, 3.63) is 109 Å². The largest absolute Gasteiger partial charge is 0.462 e. The molecule has 1 atom stereocenters. The van der Waals surface area contributed by atoms with Crippen molar-refractivity contribution in [3.63, 3.8) is 0 Å². The van der Waals surface area contributed by atoms with Gasteiger partial charge in [-0.3, -0.25) is 14.4 Å². The number of carbonyl (C=O) groups excluding carboxylic acids is 3. The van der Waals surface area contributed by atoms with E-state index in [9.17, 15) is 14.4 Å². The molecule has 0 amide bonds. The summed E-state index contributed by atoms with van der Waals surface area (Å²) in [6.07, 6.45) is 89.5. The van der Waals surface area contributed by atoms with Crippen LogP contribution in [0.25, 0.3) is 0 Å². The number of rotatable bonds is 59. The molecule has 0 aromatic heterocycles. The Morgan fingerprint density at radius 2 is 0.500 bits per heavy atom. The van der Waals surface area contributed by atoms with Gasteiger partial charge in [-0.1, -0.05) is 297 Å². The number of hydrogen-bond donors (Lipinski definition) is 0. The minimum atomic E-state index is -0.799. The van der Waals surface area contributed by atoms with E-state index in [-0.39, 0.29) is 37.5 Å². The van der Waals surface area contributed by atoms with Crippen LogP contribution in [0.3, 0.4) is 0 Å². The first-order chi connectivity index (χ1) is 38.5. The first kappa shape index (κ1) is 74.1. The van der Waals surface area contributed by atoms with Crippen LogP contribution in [0.15, 0.2) is 109 Å². The second-order valence-corrected chi connectivity index (χ2v) is 21.6. The van der Waals surface area contributed by atoms with Gasteiger partial charge >= 0.3 is 17.9 Å². The van der Waals surface area contributed by atoms with E-state index in [1.165, 1.54) is 148 Å². The van der Waals surface area contributed by atoms with Gasteiger partial charge in [0.1, 0.15) is 13.2 Å². The molecule has 0 spiro atoms. The van der Waals surface area contributed by atoms with Crippen molar-refractivity contribution in [2.45, 2.75) is 316 Å². The molecule has 0 aliphatic carbocycles. The lowest BCUT2D eigenvalue weighted by molar-refractivity contribution is -0.167. The molecule has 0 aromatic rings. The molecule has 0 N–H and O–H groups in total. The Balaban J connectivity index is 4.42. The molecular weight excluding hydrogens is 961 g/mol. The van der Waals surface area contributed by atoms with E-state index < -0.39 is 6.10 Å². The van der Waals surface area contributed by atoms with Crippen LogP contribution < -0.4 is 0 Å². The standard InChI is InChI=1S/C72H122O6/c1-4-7-10-13-16-19-22-25-28-31-34-35-36-37-39-41-44-47-50-53-56-59-62-65-71(74)77-68-69(67-76-70(73)64-61-58-55-52-49-46-43-40-33-30-27-24-21-18-15-12-9-6-3)78-72(75)66-63-60-57-54-51-48-45-42-38-32-29-26-23-20-17-14-11-8-5-2/h7-8,10-11,16-17,19-20,25-26,28-29,34-35,38,42,48,51,69H,4-6,9,12-15,18,21-24,27,30-33,36-37,39-41,43-47,49-50,52-68H2,1-3H3/b10-7-,11-8-,19-16-,20-17-,28-25-,29-26-,35-34-,42-38-,51-48-. The average Bonchev–Trinajstić information content (AvgIpc) is 3.44. The van der Waals surface area contributed by atoms with Gasteiger partial charge in [0.2, 0.25) is 0 Å². The van der Waals surface area contributed by atoms with E-state index in [0.29, 0.717) is 12.8 Å². The fourth-order valence-corrected chi connectivity index (χ4v) is 9.17. The van der Waals surface area contributed by atoms with E-state index in [0.717, 1.165) is 122 Å². The van der Waals surface area contributed by atoms with Crippen LogP contribution in [0.1, 0.15) is 310 Å². The number of allylic oxidation sites excluding steroid dienone is 18. The average molecular weight is 1080 g/mol. The van der Waals surface area contributed by atoms with E-state index in [1.807, 2.05) is 0 Å². The van der Waals surface area contributed by atoms with Crippen molar-refractivity contribution >= 4 is 17.9 Å². The maximum Gasteiger partial charge on any atom is 0.306 e. The van der Waals surface area contributed by atoms with Gasteiger partial charge in [0.15, 0.2) is 6.10 Å². The summed E-state index contributed by atoms with van der Waals surface area (Å²) in [7, 11) is 0. The lowest BCUT2D eigenvalue weighted by Crippen LogP contribution is -2.30. The zero-order valence-electron chi connectivity index (χ0n) is 51.2. The topological polar surface area (TPSA) is 78.9 Å². The predicted octanol–water partition coefficient (Wildman–Crippen LogP) is 22.6. The predicted molar refractivity (Wildman–Crippen MR) is 339 cm³/mol. The van der Waals surface area contributed by atoms with E-state index in [1.54, 1.807) is 0 Å². The highest BCUT2D eigenvalue weighted by Crippen LogP contribution is 2.17. The Labute approximate surface area is 482 Å². The molecule has 0 radical (unpaired) electrons. The molecule has 0 aliphatic heterocycles. The third-order valence-corrected chi connectivity index (χ3v) is 14.0. The highest BCUT2D eigenvalue weighted by Gasteiger charge is 2.19. The van der Waals surface area contributed by atoms with Gasteiger partial charge < -0.3 is 14.2 Å². The summed E-state index contributed by atoms with van der Waals surface area (Å²) >= 11 is 0. The van der Waals surface area contributed by atoms with Gasteiger partial charge in [-0.15, -0.1) is 0 Å². The molecule has 0 heterocycles. The number of hydrogen-bond acceptors (Lipinski definition) is 6. The van der Waals surface area contributed by atoms with Crippen LogP contribution in [0.4, 0.5) is 0 Å². The molecular formula is C72H122O6. The highest BCUT2D eigenvalue weighted by atomic mass is 16.6. The van der Waals surface area contributed by atoms with Crippen LogP contribution in [-0.4, -0.2) is 37.2 Å². The smallest absolute Gasteiger partial charge is 0.306 e. The van der Waals surface area contributed by atoms with E-state index in [2.05, 4.69) is 130 Å². The SMILES string of the molecule is CC/C=C\C/C=C\C/C=C\C/C=C\C/C=C\CCCCCC(=O)OC(COC(=O)CCCCCCCCCCCC/C=C\C/C=C\C/C=C\C/C=C\CC)COC(=O)CCCCCCCCCCCCCCCCCCCC. The highest BCUT2D eigenvalue weighted by molar-refractivity contribution is 5.71. The van der Waals surface area contributed by atoms with Crippen molar-refractivity contribution in [2.75, 3.05) is 13.2 Å². The van der Waals surface area contributed by atoms with Gasteiger partial charge in [0.25, 0.3) is 0 Å². The Bertz CT molecular complexity index is 1570. The molecule has 1 unspecified atom stereocenters. The third kappa shape index (κ3) is 62.9. The van der Waals surface area contributed by atoms with Gasteiger partial charge in [-0.05, 0) is 103 Å². The van der Waals surface area contributed by atoms with Crippen LogP contribution in [0.2, 0.25) is 0 Å². The van der Waals surface area contributed by atoms with Gasteiger partial charge in [0, 0.05) is 19.3 Å². The monoisotopic (exact) mass is 1080 g/mol. The summed E-state index contributed by atoms with van der Waals surface area (Å²) < 4.78 is 16.9. The minimum absolute atomic E-state index is 0.0910. The number of unbranched alkanes of at least 4 members (excludes halogenated alkanes) is 30. The number of esters is 3. The lowest BCUT2D eigenvalue weighted by Gasteiger charge is -2.18. The van der Waals surface area contributed by atoms with Crippen molar-refractivity contribution < 1.29 is 28.6 Å². The Morgan fingerprint density at radius 1 is 0.269 bits per heavy atom. The summed E-state index contributed by atoms with van der Waals surface area (Å²) in [4.78, 5) is 38.4. The van der Waals surface area contributed by atoms with Crippen LogP contribution in [-0.2, 0) is 28.6 Å². The quantitative estimate of drug-likeness (QED) is 0.0261. The number of carbonyl (C=O) groups is 3. The van der Waals surface area contributed by atoms with Crippen LogP contribution in [0, 0.1) is 0 Å². The zero-order valence-corrected chi connectivity index (χ0v) is 51.2. The van der Waals surface area contributed by atoms with Crippen molar-refractivity contribution in [1.82, 2.24) is 0 Å². The Kier molecular flexibility index (Phi) is 62.3. The molecule has 6 heteroatoms. The molecule has 0 bridgehead atoms. The molecule has 446 valence electrons. The Hall–Kier alpha value is -3.93. The molecule has 0 aromatic carbocycles. The van der Waals surface area contributed by atoms with Crippen LogP contribution >= 0.6 is 0 Å². The second-order valence-electron chi connectivity index (χ2n) is 21.6. The van der Waals surface area contributed by atoms with Crippen molar-refractivity contribution in [1.29, 1.82) is 0 Å². The first-order valence-electron chi connectivity index (χ1n) is 32.9. The van der Waals surface area contributed by atoms with Gasteiger partial charge in [-0.2, -0.15) is 0 Å². The molecule has 78 heavy (non-hydrogen) atoms. The summed E-state index contributed by atoms with van der Waals surface area (Å²) in [5, 5.41) is 0. The maximum absolute atomic E-state index is 12.9. The molecule has 0 aliphatic rings. The number of ether oxygens (including phenoxy) is 3. The fourth-order valence-electron chi connectivity index (χ4n) is 9.17. The molecule has 0 rings (SSSR count). The first-order valence-corrected chi connectivity index (χ1v) is 32.9. The third-order valence-electron chi connectivity index (χ3n) is 14.0. The molecule has 0 fully saturated rings. The molecule has 0 saturated carbocycles.